The zero-order chi connectivity index (χ0) is 16.5. The Labute approximate surface area is 142 Å². The summed E-state index contributed by atoms with van der Waals surface area (Å²) in [5.74, 6) is 0.345. The minimum Gasteiger partial charge on any atom is -0.378 e. The van der Waals surface area contributed by atoms with E-state index in [0.717, 1.165) is 12.8 Å². The van der Waals surface area contributed by atoms with Crippen molar-refractivity contribution in [2.75, 3.05) is 52.6 Å². The van der Waals surface area contributed by atoms with Gasteiger partial charge in [-0.1, -0.05) is 12.2 Å². The number of rotatable bonds is 2. The van der Waals surface area contributed by atoms with Crippen molar-refractivity contribution < 1.29 is 19.1 Å². The number of allylic oxidation sites excluding steroid dienone is 2. The fraction of sp³-hybridized carbons (Fsp3) is 0.778. The van der Waals surface area contributed by atoms with Gasteiger partial charge in [0.05, 0.1) is 38.3 Å². The molecule has 0 spiro atoms. The van der Waals surface area contributed by atoms with Gasteiger partial charge in [0.1, 0.15) is 0 Å². The average Bonchev–Trinajstić information content (AvgIpc) is 2.68. The van der Waals surface area contributed by atoms with E-state index in [4.69, 9.17) is 9.47 Å². The first kappa shape index (κ1) is 16.1. The molecule has 3 aliphatic carbocycles. The molecule has 0 aromatic carbocycles. The highest BCUT2D eigenvalue weighted by atomic mass is 16.5. The third-order valence-electron chi connectivity index (χ3n) is 5.96. The molecule has 4 atom stereocenters. The molecule has 0 unspecified atom stereocenters. The molecule has 3 fully saturated rings. The summed E-state index contributed by atoms with van der Waals surface area (Å²) in [6.45, 7) is 5.00. The second kappa shape index (κ2) is 6.84. The number of carbonyl (C=O) groups is 2. The van der Waals surface area contributed by atoms with E-state index in [0.29, 0.717) is 52.6 Å². The zero-order valence-corrected chi connectivity index (χ0v) is 14.1. The van der Waals surface area contributed by atoms with Crippen LogP contribution in [0.3, 0.4) is 0 Å². The summed E-state index contributed by atoms with van der Waals surface area (Å²) in [6, 6.07) is 0. The highest BCUT2D eigenvalue weighted by Gasteiger charge is 2.50. The highest BCUT2D eigenvalue weighted by Crippen LogP contribution is 2.46. The maximum Gasteiger partial charge on any atom is 0.227 e. The molecule has 5 rings (SSSR count). The molecule has 2 heterocycles. The largest absolute Gasteiger partial charge is 0.378 e. The normalized spacial score (nSPS) is 36.0. The maximum atomic E-state index is 13.2. The molecule has 132 valence electrons. The first-order valence-corrected chi connectivity index (χ1v) is 9.17. The smallest absolute Gasteiger partial charge is 0.227 e. The van der Waals surface area contributed by atoms with Crippen molar-refractivity contribution in [3.63, 3.8) is 0 Å². The van der Waals surface area contributed by atoms with Crippen LogP contribution in [0.2, 0.25) is 0 Å². The second-order valence-electron chi connectivity index (χ2n) is 7.22. The fourth-order valence-corrected chi connectivity index (χ4v) is 4.66. The molecule has 2 amide bonds. The lowest BCUT2D eigenvalue weighted by atomic mass is 9.61. The summed E-state index contributed by atoms with van der Waals surface area (Å²) < 4.78 is 10.7. The van der Waals surface area contributed by atoms with Crippen molar-refractivity contribution in [1.29, 1.82) is 0 Å². The lowest BCUT2D eigenvalue weighted by Crippen LogP contribution is -2.56. The van der Waals surface area contributed by atoms with Gasteiger partial charge in [-0.2, -0.15) is 0 Å². The van der Waals surface area contributed by atoms with E-state index in [1.807, 2.05) is 9.80 Å². The van der Waals surface area contributed by atoms with E-state index >= 15 is 0 Å². The summed E-state index contributed by atoms with van der Waals surface area (Å²) in [5.41, 5.74) is 0. The van der Waals surface area contributed by atoms with E-state index in [9.17, 15) is 9.59 Å². The maximum absolute atomic E-state index is 13.2. The number of hydrogen-bond acceptors (Lipinski definition) is 4. The van der Waals surface area contributed by atoms with E-state index in [-0.39, 0.29) is 35.5 Å². The van der Waals surface area contributed by atoms with E-state index in [2.05, 4.69) is 12.2 Å². The minimum absolute atomic E-state index is 0.156. The molecule has 5 aliphatic rings. The molecule has 0 N–H and O–H groups in total. The van der Waals surface area contributed by atoms with Gasteiger partial charge in [-0.15, -0.1) is 0 Å². The van der Waals surface area contributed by atoms with Gasteiger partial charge in [-0.25, -0.2) is 0 Å². The Morgan fingerprint density at radius 2 is 1.08 bits per heavy atom. The van der Waals surface area contributed by atoms with Crippen LogP contribution in [0, 0.1) is 23.7 Å². The topological polar surface area (TPSA) is 59.1 Å². The van der Waals surface area contributed by atoms with Gasteiger partial charge in [0.2, 0.25) is 11.8 Å². The van der Waals surface area contributed by atoms with Crippen molar-refractivity contribution in [2.24, 2.45) is 23.7 Å². The molecule has 0 radical (unpaired) electrons. The molecule has 2 saturated heterocycles. The quantitative estimate of drug-likeness (QED) is 0.692. The van der Waals surface area contributed by atoms with Crippen molar-refractivity contribution in [2.45, 2.75) is 12.8 Å². The highest BCUT2D eigenvalue weighted by molar-refractivity contribution is 5.89. The molecule has 2 bridgehead atoms. The third kappa shape index (κ3) is 2.86. The summed E-state index contributed by atoms with van der Waals surface area (Å²) in [4.78, 5) is 30.2. The molecule has 0 aromatic heterocycles. The van der Waals surface area contributed by atoms with Gasteiger partial charge in [-0.05, 0) is 24.7 Å². The van der Waals surface area contributed by atoms with E-state index in [1.54, 1.807) is 0 Å². The monoisotopic (exact) mass is 334 g/mol. The number of carbonyl (C=O) groups excluding carboxylic acids is 2. The van der Waals surface area contributed by atoms with Gasteiger partial charge in [0, 0.05) is 26.2 Å². The van der Waals surface area contributed by atoms with Gasteiger partial charge >= 0.3 is 0 Å². The SMILES string of the molecule is O=C([C@@H]1[C@H](C(=O)N2CCOCC2)[C@H]2C=C[C@H]1CC2)N1CCOCC1. The van der Waals surface area contributed by atoms with Crippen LogP contribution in [0.15, 0.2) is 12.2 Å². The Balaban J connectivity index is 1.56. The first-order valence-electron chi connectivity index (χ1n) is 9.17. The Morgan fingerprint density at radius 1 is 0.708 bits per heavy atom. The Bertz CT molecular complexity index is 477. The zero-order valence-electron chi connectivity index (χ0n) is 14.1. The number of nitrogens with zero attached hydrogens (tertiary/aromatic N) is 2. The average molecular weight is 334 g/mol. The van der Waals surface area contributed by atoms with Crippen LogP contribution in [-0.4, -0.2) is 74.2 Å². The summed E-state index contributed by atoms with van der Waals surface area (Å²) in [7, 11) is 0. The number of amides is 2. The minimum atomic E-state index is -0.192. The van der Waals surface area contributed by atoms with Crippen LogP contribution in [0.25, 0.3) is 0 Å². The predicted molar refractivity (Wildman–Crippen MR) is 87.1 cm³/mol. The Kier molecular flexibility index (Phi) is 4.59. The van der Waals surface area contributed by atoms with E-state index < -0.39 is 0 Å². The fourth-order valence-electron chi connectivity index (χ4n) is 4.66. The molecular weight excluding hydrogens is 308 g/mol. The van der Waals surface area contributed by atoms with Crippen LogP contribution in [-0.2, 0) is 19.1 Å². The number of hydrogen-bond donors (Lipinski definition) is 0. The Hall–Kier alpha value is -1.40. The van der Waals surface area contributed by atoms with Crippen molar-refractivity contribution in [3.05, 3.63) is 12.2 Å². The molecule has 1 saturated carbocycles. The van der Waals surface area contributed by atoms with Crippen LogP contribution >= 0.6 is 0 Å². The Morgan fingerprint density at radius 3 is 1.42 bits per heavy atom. The number of ether oxygens (including phenoxy) is 2. The molecule has 2 aliphatic heterocycles. The number of morpholine rings is 2. The van der Waals surface area contributed by atoms with Gasteiger partial charge in [-0.3, -0.25) is 9.59 Å². The predicted octanol–water partition coefficient (Wildman–Crippen LogP) is 0.532. The van der Waals surface area contributed by atoms with Crippen LogP contribution in [0.5, 0.6) is 0 Å². The van der Waals surface area contributed by atoms with Crippen molar-refractivity contribution >= 4 is 11.8 Å². The lowest BCUT2D eigenvalue weighted by Gasteiger charge is -2.46. The third-order valence-corrected chi connectivity index (χ3v) is 5.96. The van der Waals surface area contributed by atoms with Gasteiger partial charge in [0.15, 0.2) is 0 Å². The van der Waals surface area contributed by atoms with Crippen LogP contribution in [0.4, 0.5) is 0 Å². The lowest BCUT2D eigenvalue weighted by molar-refractivity contribution is -0.156. The van der Waals surface area contributed by atoms with Gasteiger partial charge < -0.3 is 19.3 Å². The first-order chi connectivity index (χ1) is 11.8. The summed E-state index contributed by atoms with van der Waals surface area (Å²) in [5, 5.41) is 0. The summed E-state index contributed by atoms with van der Waals surface area (Å²) in [6.07, 6.45) is 6.41. The number of fused-ring (bicyclic) bond motifs is 2. The molecular formula is C18H26N2O4. The standard InChI is InChI=1S/C18H26N2O4/c21-17(19-5-9-23-10-6-19)15-13-1-2-14(4-3-13)16(15)18(22)20-7-11-24-12-8-20/h1-2,13-16H,3-12H2/t13-,14-,15-,16+/m0/s1. The molecule has 6 heteroatoms. The van der Waals surface area contributed by atoms with Crippen LogP contribution in [0.1, 0.15) is 12.8 Å². The molecule has 6 nitrogen and oxygen atoms in total. The molecule has 24 heavy (non-hydrogen) atoms. The van der Waals surface area contributed by atoms with Crippen LogP contribution < -0.4 is 0 Å². The van der Waals surface area contributed by atoms with E-state index in [1.165, 1.54) is 0 Å². The van der Waals surface area contributed by atoms with Crippen molar-refractivity contribution in [3.8, 4) is 0 Å². The summed E-state index contributed by atoms with van der Waals surface area (Å²) >= 11 is 0. The second-order valence-corrected chi connectivity index (χ2v) is 7.22. The molecule has 0 aromatic rings. The van der Waals surface area contributed by atoms with Gasteiger partial charge in [0.25, 0.3) is 0 Å². The van der Waals surface area contributed by atoms with Crippen molar-refractivity contribution in [1.82, 2.24) is 9.80 Å².